The van der Waals surface area contributed by atoms with Crippen LogP contribution in [0, 0.1) is 20.8 Å². The van der Waals surface area contributed by atoms with Crippen LogP contribution in [0.5, 0.6) is 0 Å². The Morgan fingerprint density at radius 2 is 2.00 bits per heavy atom. The van der Waals surface area contributed by atoms with E-state index in [1.807, 2.05) is 45.0 Å². The average molecular weight is 457 g/mol. The molecule has 0 aliphatic rings. The second-order valence-corrected chi connectivity index (χ2v) is 8.58. The SMILES string of the molecule is Cc1cc(C)c2c(n1)sc1c(=O)n(CC(=O)Nc3ccc(Br)c(C)c3)cnc12. The third-order valence-electron chi connectivity index (χ3n) is 4.50. The molecule has 3 heterocycles. The van der Waals surface area contributed by atoms with Crippen molar-refractivity contribution in [3.05, 3.63) is 62.2 Å². The molecule has 28 heavy (non-hydrogen) atoms. The fraction of sp³-hybridized carbons (Fsp3) is 0.200. The summed E-state index contributed by atoms with van der Waals surface area (Å²) < 4.78 is 2.83. The summed E-state index contributed by atoms with van der Waals surface area (Å²) in [7, 11) is 0. The van der Waals surface area contributed by atoms with E-state index in [1.165, 1.54) is 22.2 Å². The van der Waals surface area contributed by atoms with Gasteiger partial charge in [0.2, 0.25) is 5.91 Å². The average Bonchev–Trinajstić information content (AvgIpc) is 3.00. The summed E-state index contributed by atoms with van der Waals surface area (Å²) in [5.41, 5.74) is 4.07. The van der Waals surface area contributed by atoms with Gasteiger partial charge in [-0.1, -0.05) is 15.9 Å². The zero-order valence-corrected chi connectivity index (χ0v) is 17.9. The van der Waals surface area contributed by atoms with Crippen LogP contribution < -0.4 is 10.9 Å². The molecule has 1 N–H and O–H groups in total. The van der Waals surface area contributed by atoms with Crippen LogP contribution in [0.2, 0.25) is 0 Å². The number of hydrogen-bond acceptors (Lipinski definition) is 5. The Morgan fingerprint density at radius 3 is 2.75 bits per heavy atom. The molecule has 0 radical (unpaired) electrons. The maximum absolute atomic E-state index is 12.9. The minimum atomic E-state index is -0.281. The first-order valence-corrected chi connectivity index (χ1v) is 10.3. The number of halogens is 1. The first-order chi connectivity index (χ1) is 13.3. The van der Waals surface area contributed by atoms with Crippen LogP contribution in [0.1, 0.15) is 16.8 Å². The van der Waals surface area contributed by atoms with Crippen molar-refractivity contribution in [1.29, 1.82) is 0 Å². The molecule has 3 aromatic heterocycles. The summed E-state index contributed by atoms with van der Waals surface area (Å²) in [5, 5.41) is 3.73. The molecule has 0 atom stereocenters. The van der Waals surface area contributed by atoms with E-state index in [-0.39, 0.29) is 18.0 Å². The molecule has 6 nitrogen and oxygen atoms in total. The van der Waals surface area contributed by atoms with Gasteiger partial charge in [0, 0.05) is 21.2 Å². The fourth-order valence-electron chi connectivity index (χ4n) is 3.19. The van der Waals surface area contributed by atoms with Gasteiger partial charge >= 0.3 is 0 Å². The van der Waals surface area contributed by atoms with Crippen molar-refractivity contribution in [1.82, 2.24) is 14.5 Å². The molecule has 0 aliphatic carbocycles. The minimum absolute atomic E-state index is 0.101. The molecule has 0 saturated heterocycles. The van der Waals surface area contributed by atoms with Crippen molar-refractivity contribution < 1.29 is 4.79 Å². The number of hydrogen-bond donors (Lipinski definition) is 1. The number of rotatable bonds is 3. The van der Waals surface area contributed by atoms with E-state index in [0.29, 0.717) is 15.9 Å². The van der Waals surface area contributed by atoms with Crippen molar-refractivity contribution in [3.8, 4) is 0 Å². The number of thiophene rings is 1. The van der Waals surface area contributed by atoms with Gasteiger partial charge in [-0.2, -0.15) is 0 Å². The highest BCUT2D eigenvalue weighted by atomic mass is 79.9. The summed E-state index contributed by atoms with van der Waals surface area (Å²) in [6, 6.07) is 7.53. The number of pyridine rings is 1. The number of nitrogens with zero attached hydrogens (tertiary/aromatic N) is 3. The van der Waals surface area contributed by atoms with Gasteiger partial charge < -0.3 is 5.32 Å². The van der Waals surface area contributed by atoms with E-state index in [2.05, 4.69) is 31.2 Å². The molecule has 8 heteroatoms. The molecule has 0 aliphatic heterocycles. The number of aromatic nitrogens is 3. The lowest BCUT2D eigenvalue weighted by molar-refractivity contribution is -0.116. The third kappa shape index (κ3) is 3.33. The second-order valence-electron chi connectivity index (χ2n) is 6.73. The van der Waals surface area contributed by atoms with Gasteiger partial charge in [0.05, 0.1) is 11.8 Å². The van der Waals surface area contributed by atoms with E-state index in [9.17, 15) is 9.59 Å². The van der Waals surface area contributed by atoms with Crippen LogP contribution >= 0.6 is 27.3 Å². The van der Waals surface area contributed by atoms with Gasteiger partial charge in [-0.05, 0) is 56.2 Å². The van der Waals surface area contributed by atoms with Crippen LogP contribution in [0.3, 0.4) is 0 Å². The molecule has 0 saturated carbocycles. The van der Waals surface area contributed by atoms with E-state index in [4.69, 9.17) is 0 Å². The topological polar surface area (TPSA) is 76.9 Å². The summed E-state index contributed by atoms with van der Waals surface area (Å²) in [4.78, 5) is 35.1. The number of nitrogens with one attached hydrogen (secondary N) is 1. The highest BCUT2D eigenvalue weighted by Crippen LogP contribution is 2.31. The number of carbonyl (C=O) groups is 1. The minimum Gasteiger partial charge on any atom is -0.325 e. The van der Waals surface area contributed by atoms with E-state index >= 15 is 0 Å². The molecule has 1 amide bonds. The molecule has 142 valence electrons. The van der Waals surface area contributed by atoms with Gasteiger partial charge in [-0.3, -0.25) is 14.2 Å². The van der Waals surface area contributed by atoms with Gasteiger partial charge in [-0.25, -0.2) is 9.97 Å². The Kier molecular flexibility index (Phi) is 4.76. The number of anilines is 1. The van der Waals surface area contributed by atoms with Crippen LogP contribution in [-0.4, -0.2) is 20.4 Å². The Hall–Kier alpha value is -2.58. The van der Waals surface area contributed by atoms with Crippen LogP contribution in [-0.2, 0) is 11.3 Å². The fourth-order valence-corrected chi connectivity index (χ4v) is 4.64. The molecular weight excluding hydrogens is 440 g/mol. The second kappa shape index (κ2) is 7.10. The van der Waals surface area contributed by atoms with E-state index < -0.39 is 0 Å². The third-order valence-corrected chi connectivity index (χ3v) is 6.45. The molecular formula is C20H17BrN4O2S. The molecule has 4 aromatic rings. The number of benzene rings is 1. The monoisotopic (exact) mass is 456 g/mol. The van der Waals surface area contributed by atoms with Gasteiger partial charge in [-0.15, -0.1) is 11.3 Å². The molecule has 1 aromatic carbocycles. The van der Waals surface area contributed by atoms with Gasteiger partial charge in [0.15, 0.2) is 0 Å². The van der Waals surface area contributed by atoms with Crippen LogP contribution in [0.25, 0.3) is 20.4 Å². The molecule has 0 unspecified atom stereocenters. The Labute approximate surface area is 173 Å². The predicted octanol–water partition coefficient (Wildman–Crippen LogP) is 4.33. The molecule has 0 spiro atoms. The summed E-state index contributed by atoms with van der Waals surface area (Å²) in [6.07, 6.45) is 1.43. The van der Waals surface area contributed by atoms with Crippen molar-refractivity contribution >= 4 is 59.3 Å². The lowest BCUT2D eigenvalue weighted by Crippen LogP contribution is -2.27. The molecule has 0 bridgehead atoms. The van der Waals surface area contributed by atoms with Crippen LogP contribution in [0.15, 0.2) is 39.9 Å². The van der Waals surface area contributed by atoms with Crippen molar-refractivity contribution in [3.63, 3.8) is 0 Å². The highest BCUT2D eigenvalue weighted by molar-refractivity contribution is 9.10. The number of carbonyl (C=O) groups excluding carboxylic acids is 1. The first kappa shape index (κ1) is 18.8. The van der Waals surface area contributed by atoms with Crippen molar-refractivity contribution in [2.75, 3.05) is 5.32 Å². The van der Waals surface area contributed by atoms with Crippen molar-refractivity contribution in [2.24, 2.45) is 0 Å². The molecule has 4 rings (SSSR count). The number of amides is 1. The standard InChI is InChI=1S/C20H17BrN4O2S/c1-10-7-13(4-5-14(10)21)24-15(26)8-25-9-22-17-16-11(2)6-12(3)23-19(16)28-18(17)20(25)27/h4-7,9H,8H2,1-3H3,(H,24,26). The zero-order valence-electron chi connectivity index (χ0n) is 15.5. The zero-order chi connectivity index (χ0) is 20.0. The quantitative estimate of drug-likeness (QED) is 0.497. The lowest BCUT2D eigenvalue weighted by atomic mass is 10.1. The Bertz CT molecular complexity index is 1310. The summed E-state index contributed by atoms with van der Waals surface area (Å²) in [5.74, 6) is -0.281. The van der Waals surface area contributed by atoms with Gasteiger partial charge in [0.25, 0.3) is 5.56 Å². The van der Waals surface area contributed by atoms with E-state index in [0.717, 1.165) is 31.5 Å². The lowest BCUT2D eigenvalue weighted by Gasteiger charge is -2.08. The number of fused-ring (bicyclic) bond motifs is 3. The normalized spacial score (nSPS) is 11.3. The Balaban J connectivity index is 1.67. The summed E-state index contributed by atoms with van der Waals surface area (Å²) >= 11 is 4.76. The highest BCUT2D eigenvalue weighted by Gasteiger charge is 2.16. The van der Waals surface area contributed by atoms with Gasteiger partial charge in [0.1, 0.15) is 16.1 Å². The largest absolute Gasteiger partial charge is 0.325 e. The smallest absolute Gasteiger partial charge is 0.271 e. The van der Waals surface area contributed by atoms with Crippen molar-refractivity contribution in [2.45, 2.75) is 27.3 Å². The Morgan fingerprint density at radius 1 is 1.21 bits per heavy atom. The predicted molar refractivity (Wildman–Crippen MR) is 116 cm³/mol. The maximum Gasteiger partial charge on any atom is 0.271 e. The molecule has 0 fully saturated rings. The number of aryl methyl sites for hydroxylation is 3. The summed E-state index contributed by atoms with van der Waals surface area (Å²) in [6.45, 7) is 5.76. The maximum atomic E-state index is 12.9. The van der Waals surface area contributed by atoms with E-state index in [1.54, 1.807) is 0 Å². The van der Waals surface area contributed by atoms with Crippen LogP contribution in [0.4, 0.5) is 5.69 Å². The first-order valence-electron chi connectivity index (χ1n) is 8.65.